The van der Waals surface area contributed by atoms with E-state index < -0.39 is 23.4 Å². The number of nitrogens with one attached hydrogen (secondary N) is 1. The molecule has 1 aromatic rings. The molecule has 3 amide bonds. The molecule has 1 aliphatic rings. The van der Waals surface area contributed by atoms with E-state index in [0.717, 1.165) is 4.90 Å². The molecule has 124 valence electrons. The first-order valence-corrected chi connectivity index (χ1v) is 6.92. The maximum atomic E-state index is 12.7. The van der Waals surface area contributed by atoms with Gasteiger partial charge in [0.1, 0.15) is 17.0 Å². The highest BCUT2D eigenvalue weighted by Gasteiger charge is 2.50. The predicted octanol–water partition coefficient (Wildman–Crippen LogP) is 0.946. The minimum Gasteiger partial charge on any atom is -0.497 e. The number of amides is 3. The van der Waals surface area contributed by atoms with E-state index in [9.17, 15) is 14.4 Å². The summed E-state index contributed by atoms with van der Waals surface area (Å²) in [4.78, 5) is 36.3. The van der Waals surface area contributed by atoms with Crippen molar-refractivity contribution in [3.63, 3.8) is 0 Å². The van der Waals surface area contributed by atoms with Gasteiger partial charge in [0.25, 0.3) is 5.91 Å². The minimum absolute atomic E-state index is 0.193. The molecule has 0 spiro atoms. The van der Waals surface area contributed by atoms with E-state index >= 15 is 0 Å². The topological polar surface area (TPSA) is 105 Å². The maximum absolute atomic E-state index is 12.7. The number of rotatable bonds is 6. The Bertz CT molecular complexity index is 659. The fourth-order valence-electron chi connectivity index (χ4n) is 2.49. The number of ether oxygens (including phenoxy) is 2. The summed E-state index contributed by atoms with van der Waals surface area (Å²) in [5.74, 6) is -0.691. The third-order valence-corrected chi connectivity index (χ3v) is 3.77. The van der Waals surface area contributed by atoms with Crippen LogP contribution < -0.4 is 14.8 Å². The van der Waals surface area contributed by atoms with Gasteiger partial charge in [0.15, 0.2) is 0 Å². The number of imide groups is 1. The van der Waals surface area contributed by atoms with Gasteiger partial charge in [-0.3, -0.25) is 14.5 Å². The van der Waals surface area contributed by atoms with E-state index in [0.29, 0.717) is 17.1 Å². The second kappa shape index (κ2) is 6.15. The molecule has 1 aromatic carbocycles. The molecule has 0 bridgehead atoms. The number of aliphatic carboxylic acids is 1. The van der Waals surface area contributed by atoms with Gasteiger partial charge in [-0.1, -0.05) is 0 Å². The summed E-state index contributed by atoms with van der Waals surface area (Å²) in [6.07, 6.45) is -0.315. The van der Waals surface area contributed by atoms with Gasteiger partial charge in [-0.05, 0) is 25.1 Å². The largest absolute Gasteiger partial charge is 0.497 e. The number of carbonyl (C=O) groups excluding carboxylic acids is 2. The molecule has 1 atom stereocenters. The lowest BCUT2D eigenvalue weighted by atomic mass is 9.91. The second-order valence-corrected chi connectivity index (χ2v) is 5.22. The molecule has 2 rings (SSSR count). The Hall–Kier alpha value is -2.77. The number of hydrogen-bond donors (Lipinski definition) is 2. The summed E-state index contributed by atoms with van der Waals surface area (Å²) < 4.78 is 10.4. The number of carbonyl (C=O) groups is 3. The molecule has 1 unspecified atom stereocenters. The van der Waals surface area contributed by atoms with Crippen molar-refractivity contribution in [2.45, 2.75) is 18.9 Å². The number of hydrogen-bond acceptors (Lipinski definition) is 5. The van der Waals surface area contributed by atoms with E-state index in [-0.39, 0.29) is 13.0 Å². The van der Waals surface area contributed by atoms with Crippen LogP contribution >= 0.6 is 0 Å². The molecule has 23 heavy (non-hydrogen) atoms. The highest BCUT2D eigenvalue weighted by molar-refractivity contribution is 6.07. The standard InChI is InChI=1S/C15H18N2O6/c1-15(10-8-9(22-2)4-5-11(10)23-3)13(20)17(14(21)16-15)7-6-12(18)19/h4-5,8H,6-7H2,1-3H3,(H,16,21)(H,18,19). The third-order valence-electron chi connectivity index (χ3n) is 3.77. The number of carboxylic acids is 1. The first-order valence-electron chi connectivity index (χ1n) is 6.92. The van der Waals surface area contributed by atoms with Crippen LogP contribution in [0.3, 0.4) is 0 Å². The summed E-state index contributed by atoms with van der Waals surface area (Å²) in [5.41, 5.74) is -0.911. The van der Waals surface area contributed by atoms with Crippen molar-refractivity contribution in [1.82, 2.24) is 10.2 Å². The van der Waals surface area contributed by atoms with Crippen LogP contribution in [-0.2, 0) is 15.1 Å². The Morgan fingerprint density at radius 2 is 2.00 bits per heavy atom. The van der Waals surface area contributed by atoms with Gasteiger partial charge in [0.2, 0.25) is 0 Å². The zero-order valence-corrected chi connectivity index (χ0v) is 13.1. The first kappa shape index (κ1) is 16.6. The van der Waals surface area contributed by atoms with E-state index in [4.69, 9.17) is 14.6 Å². The van der Waals surface area contributed by atoms with Gasteiger partial charge in [-0.2, -0.15) is 0 Å². The quantitative estimate of drug-likeness (QED) is 0.755. The van der Waals surface area contributed by atoms with E-state index in [1.807, 2.05) is 0 Å². The summed E-state index contributed by atoms with van der Waals surface area (Å²) in [7, 11) is 2.94. The average Bonchev–Trinajstić information content (AvgIpc) is 2.75. The zero-order chi connectivity index (χ0) is 17.2. The molecule has 1 aliphatic heterocycles. The Morgan fingerprint density at radius 1 is 1.30 bits per heavy atom. The van der Waals surface area contributed by atoms with Crippen molar-refractivity contribution in [2.75, 3.05) is 20.8 Å². The zero-order valence-electron chi connectivity index (χ0n) is 13.1. The molecule has 0 aliphatic carbocycles. The van der Waals surface area contributed by atoms with E-state index in [2.05, 4.69) is 5.32 Å². The van der Waals surface area contributed by atoms with Crippen molar-refractivity contribution < 1.29 is 29.0 Å². The molecule has 8 heteroatoms. The van der Waals surface area contributed by atoms with Crippen LogP contribution in [0.2, 0.25) is 0 Å². The summed E-state index contributed by atoms with van der Waals surface area (Å²) >= 11 is 0. The monoisotopic (exact) mass is 322 g/mol. The maximum Gasteiger partial charge on any atom is 0.325 e. The third kappa shape index (κ3) is 2.92. The summed E-state index contributed by atoms with van der Waals surface area (Å²) in [6, 6.07) is 4.29. The van der Waals surface area contributed by atoms with Gasteiger partial charge in [-0.15, -0.1) is 0 Å². The number of benzene rings is 1. The number of methoxy groups -OCH3 is 2. The van der Waals surface area contributed by atoms with Crippen molar-refractivity contribution in [3.8, 4) is 11.5 Å². The Morgan fingerprint density at radius 3 is 2.57 bits per heavy atom. The van der Waals surface area contributed by atoms with Crippen LogP contribution in [0, 0.1) is 0 Å². The lowest BCUT2D eigenvalue weighted by Crippen LogP contribution is -2.41. The fraction of sp³-hybridized carbons (Fsp3) is 0.400. The number of nitrogens with zero attached hydrogens (tertiary/aromatic N) is 1. The normalized spacial score (nSPS) is 20.4. The van der Waals surface area contributed by atoms with Crippen molar-refractivity contribution in [3.05, 3.63) is 23.8 Å². The molecule has 0 radical (unpaired) electrons. The van der Waals surface area contributed by atoms with E-state index in [1.165, 1.54) is 14.2 Å². The van der Waals surface area contributed by atoms with Gasteiger partial charge >= 0.3 is 12.0 Å². The number of carboxylic acid groups (broad SMARTS) is 1. The molecule has 1 saturated heterocycles. The minimum atomic E-state index is -1.35. The molecular weight excluding hydrogens is 304 g/mol. The molecule has 2 N–H and O–H groups in total. The average molecular weight is 322 g/mol. The van der Waals surface area contributed by atoms with Gasteiger partial charge in [-0.25, -0.2) is 4.79 Å². The molecule has 1 heterocycles. The summed E-state index contributed by atoms with van der Waals surface area (Å²) in [5, 5.41) is 11.3. The van der Waals surface area contributed by atoms with Crippen LogP contribution in [0.25, 0.3) is 0 Å². The van der Waals surface area contributed by atoms with Gasteiger partial charge in [0, 0.05) is 12.1 Å². The Labute approximate surface area is 133 Å². The molecular formula is C15H18N2O6. The smallest absolute Gasteiger partial charge is 0.325 e. The van der Waals surface area contributed by atoms with Crippen LogP contribution in [0.15, 0.2) is 18.2 Å². The SMILES string of the molecule is COc1ccc(OC)c(C2(C)NC(=O)N(CCC(=O)O)C2=O)c1. The molecule has 1 fully saturated rings. The molecule has 8 nitrogen and oxygen atoms in total. The highest BCUT2D eigenvalue weighted by atomic mass is 16.5. The van der Waals surface area contributed by atoms with Crippen LogP contribution in [0.5, 0.6) is 11.5 Å². The lowest BCUT2D eigenvalue weighted by Gasteiger charge is -2.24. The number of urea groups is 1. The lowest BCUT2D eigenvalue weighted by molar-refractivity contribution is -0.138. The molecule has 0 aromatic heterocycles. The predicted molar refractivity (Wildman–Crippen MR) is 79.4 cm³/mol. The fourth-order valence-corrected chi connectivity index (χ4v) is 2.49. The van der Waals surface area contributed by atoms with Crippen LogP contribution in [0.1, 0.15) is 18.9 Å². The van der Waals surface area contributed by atoms with Crippen LogP contribution in [0.4, 0.5) is 4.79 Å². The summed E-state index contributed by atoms with van der Waals surface area (Å²) in [6.45, 7) is 1.35. The van der Waals surface area contributed by atoms with Crippen molar-refractivity contribution in [1.29, 1.82) is 0 Å². The van der Waals surface area contributed by atoms with Gasteiger partial charge in [0.05, 0.1) is 20.6 Å². The van der Waals surface area contributed by atoms with Crippen molar-refractivity contribution >= 4 is 17.9 Å². The van der Waals surface area contributed by atoms with E-state index in [1.54, 1.807) is 25.1 Å². The first-order chi connectivity index (χ1) is 10.8. The van der Waals surface area contributed by atoms with Crippen molar-refractivity contribution in [2.24, 2.45) is 0 Å². The Kier molecular flexibility index (Phi) is 4.44. The Balaban J connectivity index is 2.40. The highest BCUT2D eigenvalue weighted by Crippen LogP contribution is 2.37. The van der Waals surface area contributed by atoms with Gasteiger partial charge < -0.3 is 19.9 Å². The second-order valence-electron chi connectivity index (χ2n) is 5.22. The van der Waals surface area contributed by atoms with Crippen LogP contribution in [-0.4, -0.2) is 48.7 Å². The molecule has 0 saturated carbocycles.